The average Bonchev–Trinajstić information content (AvgIpc) is 2.84. The minimum atomic E-state index is -2.91. The van der Waals surface area contributed by atoms with Crippen molar-refractivity contribution in [3.05, 3.63) is 48.0 Å². The zero-order chi connectivity index (χ0) is 21.0. The van der Waals surface area contributed by atoms with Gasteiger partial charge in [-0.05, 0) is 49.2 Å². The number of alkyl halides is 2. The molecule has 2 aliphatic rings. The fraction of sp³-hybridized carbons (Fsp3) is 0.333. The van der Waals surface area contributed by atoms with Gasteiger partial charge in [0.15, 0.2) is 11.5 Å². The molecule has 2 aromatic carbocycles. The van der Waals surface area contributed by atoms with E-state index >= 15 is 0 Å². The van der Waals surface area contributed by atoms with Crippen molar-refractivity contribution in [1.82, 2.24) is 4.90 Å². The lowest BCUT2D eigenvalue weighted by Gasteiger charge is -2.41. The predicted octanol–water partition coefficient (Wildman–Crippen LogP) is 3.50. The third-order valence-electron chi connectivity index (χ3n) is 5.19. The maximum atomic E-state index is 13.1. The van der Waals surface area contributed by atoms with Crippen LogP contribution in [0.1, 0.15) is 25.8 Å². The van der Waals surface area contributed by atoms with Gasteiger partial charge in [-0.15, -0.1) is 0 Å². The molecular weight excluding hydrogens is 380 g/mol. The van der Waals surface area contributed by atoms with Gasteiger partial charge in [0.2, 0.25) is 0 Å². The maximum absolute atomic E-state index is 13.1. The van der Waals surface area contributed by atoms with Crippen LogP contribution < -0.4 is 15.2 Å². The summed E-state index contributed by atoms with van der Waals surface area (Å²) in [7, 11) is 1.59. The number of nitrogens with zero attached hydrogens (tertiary/aromatic N) is 2. The van der Waals surface area contributed by atoms with Crippen LogP contribution in [0.15, 0.2) is 47.5 Å². The van der Waals surface area contributed by atoms with Gasteiger partial charge < -0.3 is 15.2 Å². The highest BCUT2D eigenvalue weighted by Crippen LogP contribution is 2.49. The zero-order valence-corrected chi connectivity index (χ0v) is 16.3. The number of hydrogen-bond acceptors (Lipinski definition) is 5. The van der Waals surface area contributed by atoms with E-state index in [0.29, 0.717) is 23.3 Å². The molecule has 2 heterocycles. The Morgan fingerprint density at radius 1 is 1.21 bits per heavy atom. The van der Waals surface area contributed by atoms with Crippen molar-refractivity contribution in [2.75, 3.05) is 7.05 Å². The molecule has 2 aromatic rings. The summed E-state index contributed by atoms with van der Waals surface area (Å²) in [5, 5.41) is 0. The van der Waals surface area contributed by atoms with E-state index in [-0.39, 0.29) is 17.6 Å². The van der Waals surface area contributed by atoms with Gasteiger partial charge in [0.1, 0.15) is 17.1 Å². The van der Waals surface area contributed by atoms with E-state index in [1.165, 1.54) is 17.0 Å². The molecule has 0 aliphatic carbocycles. The van der Waals surface area contributed by atoms with Crippen molar-refractivity contribution in [3.8, 4) is 22.6 Å². The van der Waals surface area contributed by atoms with Crippen molar-refractivity contribution < 1.29 is 23.0 Å². The second kappa shape index (κ2) is 6.43. The summed E-state index contributed by atoms with van der Waals surface area (Å²) in [5.74, 6) is 0.530. The van der Waals surface area contributed by atoms with Gasteiger partial charge in [-0.2, -0.15) is 8.78 Å². The lowest BCUT2D eigenvalue weighted by Crippen LogP contribution is -2.49. The number of carbonyl (C=O) groups excluding carboxylic acids is 1. The van der Waals surface area contributed by atoms with Gasteiger partial charge in [-0.25, -0.2) is 4.99 Å². The molecule has 6 nitrogen and oxygen atoms in total. The topological polar surface area (TPSA) is 77.2 Å². The quantitative estimate of drug-likeness (QED) is 0.854. The number of ether oxygens (including phenoxy) is 2. The van der Waals surface area contributed by atoms with Gasteiger partial charge in [-0.3, -0.25) is 9.69 Å². The summed E-state index contributed by atoms with van der Waals surface area (Å²) in [6, 6.07) is 11.8. The number of benzene rings is 2. The molecule has 0 aromatic heterocycles. The predicted molar refractivity (Wildman–Crippen MR) is 104 cm³/mol. The summed E-state index contributed by atoms with van der Waals surface area (Å²) in [6.07, 6.45) is 0.328. The van der Waals surface area contributed by atoms with Crippen molar-refractivity contribution in [3.63, 3.8) is 0 Å². The van der Waals surface area contributed by atoms with Crippen molar-refractivity contribution >= 4 is 11.9 Å². The normalized spacial score (nSPS) is 22.5. The number of hydrogen-bond donors (Lipinski definition) is 1. The first kappa shape index (κ1) is 19.2. The molecule has 0 saturated heterocycles. The van der Waals surface area contributed by atoms with Crippen LogP contribution in [0.4, 0.5) is 8.78 Å². The van der Waals surface area contributed by atoms with E-state index in [9.17, 15) is 13.6 Å². The third kappa shape index (κ3) is 3.18. The summed E-state index contributed by atoms with van der Waals surface area (Å²) in [5.41, 5.74) is 6.16. The molecule has 0 bridgehead atoms. The second-order valence-electron chi connectivity index (χ2n) is 7.85. The molecule has 0 fully saturated rings. The van der Waals surface area contributed by atoms with Crippen LogP contribution in [0.3, 0.4) is 0 Å². The average molecular weight is 401 g/mol. The second-order valence-corrected chi connectivity index (χ2v) is 7.85. The molecule has 0 unspecified atom stereocenters. The molecule has 29 heavy (non-hydrogen) atoms. The van der Waals surface area contributed by atoms with Crippen LogP contribution in [0, 0.1) is 0 Å². The molecule has 2 aliphatic heterocycles. The van der Waals surface area contributed by atoms with E-state index in [0.717, 1.165) is 5.56 Å². The van der Waals surface area contributed by atoms with Crippen LogP contribution in [0.25, 0.3) is 11.1 Å². The SMILES string of the molecule is CN1C(=O)[C@]2(CC(C)(C)Oc3ccc(-c4cccc(OC(F)F)c4)cc32)N=C1N. The lowest BCUT2D eigenvalue weighted by molar-refractivity contribution is -0.133. The molecule has 4 rings (SSSR count). The van der Waals surface area contributed by atoms with E-state index in [4.69, 9.17) is 10.5 Å². The first-order chi connectivity index (χ1) is 13.6. The number of likely N-dealkylation sites (N-methyl/N-ethyl adjacent to an activating group) is 1. The Balaban J connectivity index is 1.84. The summed E-state index contributed by atoms with van der Waals surface area (Å²) in [4.78, 5) is 19.0. The molecule has 1 amide bonds. The monoisotopic (exact) mass is 401 g/mol. The minimum Gasteiger partial charge on any atom is -0.487 e. The smallest absolute Gasteiger partial charge is 0.387 e. The molecule has 2 N–H and O–H groups in total. The minimum absolute atomic E-state index is 0.0567. The molecule has 1 atom stereocenters. The number of guanidine groups is 1. The number of carbonyl (C=O) groups is 1. The Hall–Kier alpha value is -3.16. The number of rotatable bonds is 3. The lowest BCUT2D eigenvalue weighted by atomic mass is 9.77. The van der Waals surface area contributed by atoms with Crippen LogP contribution in [-0.4, -0.2) is 36.0 Å². The first-order valence-electron chi connectivity index (χ1n) is 9.14. The molecule has 8 heteroatoms. The standard InChI is InChI=1S/C21H21F2N3O3/c1-20(2)11-21(17(27)26(3)19(24)25-21)15-10-13(7-8-16(15)29-20)12-5-4-6-14(9-12)28-18(22)23/h4-10,18H,11H2,1-3H3,(H2,24,25)/t21-/m1/s1. The molecule has 1 spiro atoms. The highest BCUT2D eigenvalue weighted by Gasteiger charge is 2.55. The Kier molecular flexibility index (Phi) is 4.25. The number of fused-ring (bicyclic) bond motifs is 2. The molecular formula is C21H21F2N3O3. The number of amides is 1. The van der Waals surface area contributed by atoms with Gasteiger partial charge in [0, 0.05) is 19.0 Å². The Labute approximate surface area is 166 Å². The summed E-state index contributed by atoms with van der Waals surface area (Å²) in [6.45, 7) is 0.888. The van der Waals surface area contributed by atoms with Crippen LogP contribution in [0.5, 0.6) is 11.5 Å². The van der Waals surface area contributed by atoms with E-state index in [1.807, 2.05) is 19.9 Å². The van der Waals surface area contributed by atoms with Crippen LogP contribution in [0.2, 0.25) is 0 Å². The first-order valence-corrected chi connectivity index (χ1v) is 9.14. The van der Waals surface area contributed by atoms with E-state index in [1.54, 1.807) is 31.3 Å². The van der Waals surface area contributed by atoms with Gasteiger partial charge >= 0.3 is 6.61 Å². The number of halogens is 2. The van der Waals surface area contributed by atoms with Crippen molar-refractivity contribution in [1.29, 1.82) is 0 Å². The highest BCUT2D eigenvalue weighted by atomic mass is 19.3. The largest absolute Gasteiger partial charge is 0.487 e. The fourth-order valence-electron chi connectivity index (χ4n) is 4.01. The van der Waals surface area contributed by atoms with Gasteiger partial charge in [-0.1, -0.05) is 18.2 Å². The molecule has 152 valence electrons. The van der Waals surface area contributed by atoms with Crippen LogP contribution >= 0.6 is 0 Å². The summed E-state index contributed by atoms with van der Waals surface area (Å²) < 4.78 is 35.7. The Morgan fingerprint density at radius 3 is 2.59 bits per heavy atom. The van der Waals surface area contributed by atoms with Gasteiger partial charge in [0.25, 0.3) is 5.91 Å². The highest BCUT2D eigenvalue weighted by molar-refractivity contribution is 6.07. The zero-order valence-electron chi connectivity index (χ0n) is 16.3. The van der Waals surface area contributed by atoms with Crippen molar-refractivity contribution in [2.45, 2.75) is 38.0 Å². The van der Waals surface area contributed by atoms with E-state index in [2.05, 4.69) is 9.73 Å². The Morgan fingerprint density at radius 2 is 1.93 bits per heavy atom. The van der Waals surface area contributed by atoms with Crippen LogP contribution in [-0.2, 0) is 10.3 Å². The number of nitrogens with two attached hydrogens (primary N) is 1. The van der Waals surface area contributed by atoms with E-state index < -0.39 is 17.8 Å². The van der Waals surface area contributed by atoms with Gasteiger partial charge in [0.05, 0.1) is 0 Å². The molecule has 0 saturated carbocycles. The summed E-state index contributed by atoms with van der Waals surface area (Å²) >= 11 is 0. The maximum Gasteiger partial charge on any atom is 0.387 e. The molecule has 0 radical (unpaired) electrons. The Bertz CT molecular complexity index is 1020. The third-order valence-corrected chi connectivity index (χ3v) is 5.19. The van der Waals surface area contributed by atoms with Crippen molar-refractivity contribution in [2.24, 2.45) is 10.7 Å². The fourth-order valence-corrected chi connectivity index (χ4v) is 4.01. The number of aliphatic imine (C=N–C) groups is 1.